The summed E-state index contributed by atoms with van der Waals surface area (Å²) in [5.41, 5.74) is 8.85. The number of rotatable bonds is 3. The minimum atomic E-state index is -0.126. The lowest BCUT2D eigenvalue weighted by molar-refractivity contribution is 0.496. The van der Waals surface area contributed by atoms with Gasteiger partial charge in [0.2, 0.25) is 0 Å². The number of hydrogen-bond acceptors (Lipinski definition) is 2. The van der Waals surface area contributed by atoms with E-state index in [9.17, 15) is 0 Å². The normalized spacial score (nSPS) is 18.6. The monoisotopic (exact) mass is 563 g/mol. The average Bonchev–Trinajstić information content (AvgIpc) is 3.44. The number of benzene rings is 5. The second-order valence-corrected chi connectivity index (χ2v) is 12.0. The highest BCUT2D eigenvalue weighted by atomic mass is 15.0. The van der Waals surface area contributed by atoms with Gasteiger partial charge in [-0.25, -0.2) is 9.97 Å². The number of para-hydroxylation sites is 1. The average molecular weight is 564 g/mol. The fraction of sp³-hybridized carbons (Fsp3) is 0.0732. The molecule has 2 aliphatic rings. The lowest BCUT2D eigenvalue weighted by Crippen LogP contribution is -2.31. The first-order chi connectivity index (χ1) is 21.7. The van der Waals surface area contributed by atoms with Crippen molar-refractivity contribution >= 4 is 38.7 Å². The van der Waals surface area contributed by atoms with Gasteiger partial charge in [-0.1, -0.05) is 116 Å². The molecule has 5 aromatic carbocycles. The number of allylic oxidation sites excluding steroid dienone is 5. The summed E-state index contributed by atoms with van der Waals surface area (Å²) in [5.74, 6) is 1.05. The first-order valence-electron chi connectivity index (χ1n) is 15.2. The van der Waals surface area contributed by atoms with E-state index >= 15 is 0 Å². The van der Waals surface area contributed by atoms with E-state index < -0.39 is 0 Å². The molecular weight excluding hydrogens is 534 g/mol. The number of nitrogens with zero attached hydrogens (tertiary/aromatic N) is 3. The molecule has 0 N–H and O–H groups in total. The van der Waals surface area contributed by atoms with Crippen molar-refractivity contribution in [3.63, 3.8) is 0 Å². The maximum absolute atomic E-state index is 5.10. The predicted molar refractivity (Wildman–Crippen MR) is 183 cm³/mol. The van der Waals surface area contributed by atoms with Crippen molar-refractivity contribution in [2.45, 2.75) is 12.3 Å². The molecule has 2 heterocycles. The quantitative estimate of drug-likeness (QED) is 0.214. The summed E-state index contributed by atoms with van der Waals surface area (Å²) in [6.45, 7) is 2.38. The number of hydrogen-bond donors (Lipinski definition) is 0. The Balaban J connectivity index is 1.24. The third kappa shape index (κ3) is 3.62. The topological polar surface area (TPSA) is 30.7 Å². The van der Waals surface area contributed by atoms with E-state index in [0.29, 0.717) is 5.92 Å². The highest BCUT2D eigenvalue weighted by molar-refractivity contribution is 6.11. The van der Waals surface area contributed by atoms with Gasteiger partial charge in [-0.05, 0) is 58.8 Å². The highest BCUT2D eigenvalue weighted by Gasteiger charge is 2.40. The van der Waals surface area contributed by atoms with Crippen LogP contribution in [0.2, 0.25) is 0 Å². The zero-order valence-corrected chi connectivity index (χ0v) is 24.4. The van der Waals surface area contributed by atoms with Crippen molar-refractivity contribution < 1.29 is 0 Å². The molecule has 0 saturated carbocycles. The molecule has 9 rings (SSSR count). The van der Waals surface area contributed by atoms with Gasteiger partial charge in [0.25, 0.3) is 0 Å². The molecule has 2 aliphatic carbocycles. The molecule has 208 valence electrons. The van der Waals surface area contributed by atoms with E-state index in [2.05, 4.69) is 145 Å². The molecule has 3 nitrogen and oxygen atoms in total. The van der Waals surface area contributed by atoms with Crippen LogP contribution in [0.3, 0.4) is 0 Å². The van der Waals surface area contributed by atoms with Crippen molar-refractivity contribution in [2.24, 2.45) is 5.92 Å². The fourth-order valence-electron chi connectivity index (χ4n) is 7.30. The maximum atomic E-state index is 5.10. The standard InChI is InChI=1S/C41H29N3/c1-41-26-10-9-14-30(41)21-25-36-38(41)37-32-15-6-5-11-27(32)20-24-35(37)44(36)31-22-18-29(19-23-31)40-42-34-17-8-7-16-33(34)39(43-40)28-12-3-2-4-13-28/h2-26,30H,1H3. The Bertz CT molecular complexity index is 2340. The van der Waals surface area contributed by atoms with Crippen molar-refractivity contribution in [2.75, 3.05) is 0 Å². The lowest BCUT2D eigenvalue weighted by atomic mass is 9.66. The summed E-state index contributed by atoms with van der Waals surface area (Å²) in [4.78, 5) is 10.1. The Morgan fingerprint density at radius 3 is 2.30 bits per heavy atom. The van der Waals surface area contributed by atoms with E-state index in [-0.39, 0.29) is 5.41 Å². The Morgan fingerprint density at radius 2 is 1.43 bits per heavy atom. The van der Waals surface area contributed by atoms with Gasteiger partial charge in [0.1, 0.15) is 0 Å². The van der Waals surface area contributed by atoms with E-state index in [0.717, 1.165) is 39.2 Å². The van der Waals surface area contributed by atoms with Crippen molar-refractivity contribution in [1.29, 1.82) is 0 Å². The first-order valence-corrected chi connectivity index (χ1v) is 15.2. The van der Waals surface area contributed by atoms with Gasteiger partial charge < -0.3 is 4.57 Å². The minimum absolute atomic E-state index is 0.126. The molecule has 7 aromatic rings. The second kappa shape index (κ2) is 9.48. The molecule has 2 atom stereocenters. The lowest BCUT2D eigenvalue weighted by Gasteiger charge is -2.37. The van der Waals surface area contributed by atoms with Gasteiger partial charge in [0, 0.05) is 38.9 Å². The molecule has 2 aromatic heterocycles. The number of fused-ring (bicyclic) bond motifs is 8. The minimum Gasteiger partial charge on any atom is -0.310 e. The van der Waals surface area contributed by atoms with Gasteiger partial charge in [-0.2, -0.15) is 0 Å². The zero-order valence-electron chi connectivity index (χ0n) is 24.4. The molecular formula is C41H29N3. The number of aromatic nitrogens is 3. The molecule has 0 fully saturated rings. The molecule has 44 heavy (non-hydrogen) atoms. The smallest absolute Gasteiger partial charge is 0.160 e. The summed E-state index contributed by atoms with van der Waals surface area (Å²) < 4.78 is 2.43. The van der Waals surface area contributed by atoms with E-state index in [1.54, 1.807) is 0 Å². The zero-order chi connectivity index (χ0) is 29.3. The SMILES string of the molecule is CC12C=CC=CC1C=Cc1c2c2c3ccccc3ccc2n1-c1ccc(-c2nc(-c3ccccc3)c3ccccc3n2)cc1. The third-order valence-corrected chi connectivity index (χ3v) is 9.49. The fourth-order valence-corrected chi connectivity index (χ4v) is 7.30. The molecule has 0 radical (unpaired) electrons. The van der Waals surface area contributed by atoms with Gasteiger partial charge in [-0.15, -0.1) is 0 Å². The van der Waals surface area contributed by atoms with Crippen LogP contribution in [0.25, 0.3) is 67.0 Å². The Kier molecular flexibility index (Phi) is 5.39. The molecule has 0 amide bonds. The summed E-state index contributed by atoms with van der Waals surface area (Å²) >= 11 is 0. The largest absolute Gasteiger partial charge is 0.310 e. The molecule has 3 heteroatoms. The van der Waals surface area contributed by atoms with E-state index in [1.807, 2.05) is 18.2 Å². The van der Waals surface area contributed by atoms with Crippen LogP contribution in [0.15, 0.2) is 146 Å². The van der Waals surface area contributed by atoms with Gasteiger partial charge in [-0.3, -0.25) is 0 Å². The van der Waals surface area contributed by atoms with Crippen LogP contribution in [-0.2, 0) is 5.41 Å². The van der Waals surface area contributed by atoms with Crippen LogP contribution in [0.1, 0.15) is 18.2 Å². The molecule has 2 unspecified atom stereocenters. The summed E-state index contributed by atoms with van der Waals surface area (Å²) in [6.07, 6.45) is 13.8. The summed E-state index contributed by atoms with van der Waals surface area (Å²) in [6, 6.07) is 40.7. The van der Waals surface area contributed by atoms with Gasteiger partial charge in [0.15, 0.2) is 5.82 Å². The van der Waals surface area contributed by atoms with Crippen LogP contribution in [-0.4, -0.2) is 14.5 Å². The molecule has 0 bridgehead atoms. The Morgan fingerprint density at radius 1 is 0.659 bits per heavy atom. The molecule has 0 spiro atoms. The van der Waals surface area contributed by atoms with Crippen LogP contribution in [0.4, 0.5) is 0 Å². The van der Waals surface area contributed by atoms with Gasteiger partial charge in [0.05, 0.1) is 22.4 Å². The summed E-state index contributed by atoms with van der Waals surface area (Å²) in [5, 5.41) is 4.96. The van der Waals surface area contributed by atoms with E-state index in [4.69, 9.17) is 9.97 Å². The Hall–Kier alpha value is -5.54. The predicted octanol–water partition coefficient (Wildman–Crippen LogP) is 10.1. The third-order valence-electron chi connectivity index (χ3n) is 9.49. The van der Waals surface area contributed by atoms with Crippen molar-refractivity contribution in [3.8, 4) is 28.3 Å². The Labute approximate surface area is 256 Å². The van der Waals surface area contributed by atoms with Crippen molar-refractivity contribution in [1.82, 2.24) is 14.5 Å². The van der Waals surface area contributed by atoms with Crippen LogP contribution < -0.4 is 0 Å². The first kappa shape index (κ1) is 25.0. The van der Waals surface area contributed by atoms with E-state index in [1.165, 1.54) is 32.9 Å². The van der Waals surface area contributed by atoms with Crippen LogP contribution >= 0.6 is 0 Å². The maximum Gasteiger partial charge on any atom is 0.160 e. The highest BCUT2D eigenvalue weighted by Crippen LogP contribution is 2.50. The molecule has 0 saturated heterocycles. The molecule has 0 aliphatic heterocycles. The van der Waals surface area contributed by atoms with Crippen LogP contribution in [0, 0.1) is 5.92 Å². The summed E-state index contributed by atoms with van der Waals surface area (Å²) in [7, 11) is 0. The second-order valence-electron chi connectivity index (χ2n) is 12.0. The van der Waals surface area contributed by atoms with Crippen LogP contribution in [0.5, 0.6) is 0 Å². The van der Waals surface area contributed by atoms with Crippen molar-refractivity contribution in [3.05, 3.63) is 157 Å². The van der Waals surface area contributed by atoms with Gasteiger partial charge >= 0.3 is 0 Å².